The minimum atomic E-state index is 0.103. The van der Waals surface area contributed by atoms with Gasteiger partial charge < -0.3 is 10.5 Å². The lowest BCUT2D eigenvalue weighted by Gasteiger charge is -2.15. The highest BCUT2D eigenvalue weighted by Crippen LogP contribution is 2.21. The van der Waals surface area contributed by atoms with Crippen molar-refractivity contribution < 1.29 is 4.74 Å². The lowest BCUT2D eigenvalue weighted by Crippen LogP contribution is -2.25. The molecule has 0 fully saturated rings. The average Bonchev–Trinajstić information content (AvgIpc) is 2.50. The van der Waals surface area contributed by atoms with Gasteiger partial charge in [0, 0.05) is 6.04 Å². The second kappa shape index (κ2) is 8.00. The summed E-state index contributed by atoms with van der Waals surface area (Å²) >= 11 is 0. The van der Waals surface area contributed by atoms with Gasteiger partial charge in [-0.1, -0.05) is 56.3 Å². The lowest BCUT2D eigenvalue weighted by molar-refractivity contribution is 0.335. The first-order valence-corrected chi connectivity index (χ1v) is 8.15. The highest BCUT2D eigenvalue weighted by molar-refractivity contribution is 5.34. The van der Waals surface area contributed by atoms with Crippen LogP contribution in [0.3, 0.4) is 0 Å². The van der Waals surface area contributed by atoms with Gasteiger partial charge in [-0.3, -0.25) is 0 Å². The number of rotatable bonds is 7. The second-order valence-corrected chi connectivity index (χ2v) is 6.11. The lowest BCUT2D eigenvalue weighted by atomic mass is 9.96. The summed E-state index contributed by atoms with van der Waals surface area (Å²) in [5, 5.41) is 0. The van der Waals surface area contributed by atoms with Gasteiger partial charge in [0.2, 0.25) is 0 Å². The Morgan fingerprint density at radius 3 is 2.27 bits per heavy atom. The largest absolute Gasteiger partial charge is 0.494 e. The van der Waals surface area contributed by atoms with Crippen molar-refractivity contribution in [3.63, 3.8) is 0 Å². The molecule has 0 aliphatic rings. The van der Waals surface area contributed by atoms with Crippen molar-refractivity contribution >= 4 is 0 Å². The van der Waals surface area contributed by atoms with Gasteiger partial charge in [0.15, 0.2) is 0 Å². The van der Waals surface area contributed by atoms with Gasteiger partial charge in [0.05, 0.1) is 6.61 Å². The first kappa shape index (κ1) is 16.6. The Balaban J connectivity index is 1.99. The Morgan fingerprint density at radius 1 is 0.955 bits per heavy atom. The fraction of sp³-hybridized carbons (Fsp3) is 0.400. The number of ether oxygens (including phenoxy) is 1. The van der Waals surface area contributed by atoms with Crippen molar-refractivity contribution in [3.8, 4) is 5.75 Å². The van der Waals surface area contributed by atoms with Crippen LogP contribution in [0.4, 0.5) is 0 Å². The Kier molecular flexibility index (Phi) is 6.02. The molecule has 0 saturated carbocycles. The Bertz CT molecular complexity index is 575. The standard InChI is InChI=1S/C20H27NO/c1-4-22-20-8-6-5-7-18(20)14-19(21)13-16-9-11-17(12-10-16)15(2)3/h5-12,15,19H,4,13-14,21H2,1-3H3. The van der Waals surface area contributed by atoms with E-state index < -0.39 is 0 Å². The van der Waals surface area contributed by atoms with Crippen LogP contribution in [-0.2, 0) is 12.8 Å². The van der Waals surface area contributed by atoms with Crippen LogP contribution in [0.2, 0.25) is 0 Å². The van der Waals surface area contributed by atoms with E-state index in [1.165, 1.54) is 16.7 Å². The molecule has 0 spiro atoms. The molecule has 2 nitrogen and oxygen atoms in total. The van der Waals surface area contributed by atoms with Crippen LogP contribution < -0.4 is 10.5 Å². The maximum Gasteiger partial charge on any atom is 0.122 e. The molecular formula is C20H27NO. The zero-order valence-electron chi connectivity index (χ0n) is 13.9. The molecule has 0 aromatic heterocycles. The van der Waals surface area contributed by atoms with E-state index in [0.717, 1.165) is 18.6 Å². The molecule has 0 amide bonds. The fourth-order valence-corrected chi connectivity index (χ4v) is 2.66. The molecule has 0 aliphatic heterocycles. The third-order valence-electron chi connectivity index (χ3n) is 3.90. The summed E-state index contributed by atoms with van der Waals surface area (Å²) in [6.07, 6.45) is 1.72. The van der Waals surface area contributed by atoms with E-state index in [-0.39, 0.29) is 6.04 Å². The summed E-state index contributed by atoms with van der Waals surface area (Å²) in [6.45, 7) is 7.12. The smallest absolute Gasteiger partial charge is 0.122 e. The van der Waals surface area contributed by atoms with E-state index in [0.29, 0.717) is 12.5 Å². The molecule has 118 valence electrons. The summed E-state index contributed by atoms with van der Waals surface area (Å²) in [6, 6.07) is 17.1. The van der Waals surface area contributed by atoms with Crippen LogP contribution >= 0.6 is 0 Å². The van der Waals surface area contributed by atoms with Gasteiger partial charge in [0.25, 0.3) is 0 Å². The summed E-state index contributed by atoms with van der Waals surface area (Å²) in [5.74, 6) is 1.52. The van der Waals surface area contributed by atoms with Gasteiger partial charge in [-0.15, -0.1) is 0 Å². The number of nitrogens with two attached hydrogens (primary N) is 1. The second-order valence-electron chi connectivity index (χ2n) is 6.11. The minimum absolute atomic E-state index is 0.103. The summed E-state index contributed by atoms with van der Waals surface area (Å²) in [7, 11) is 0. The van der Waals surface area contributed by atoms with E-state index in [9.17, 15) is 0 Å². The number of hydrogen-bond donors (Lipinski definition) is 1. The maximum atomic E-state index is 6.35. The summed E-state index contributed by atoms with van der Waals surface area (Å²) < 4.78 is 5.67. The van der Waals surface area contributed by atoms with Crippen LogP contribution in [0.25, 0.3) is 0 Å². The zero-order chi connectivity index (χ0) is 15.9. The van der Waals surface area contributed by atoms with E-state index in [4.69, 9.17) is 10.5 Å². The molecule has 1 atom stereocenters. The Labute approximate surface area is 134 Å². The molecule has 2 aromatic rings. The van der Waals surface area contributed by atoms with E-state index >= 15 is 0 Å². The molecule has 2 rings (SSSR count). The van der Waals surface area contributed by atoms with Crippen LogP contribution in [0.15, 0.2) is 48.5 Å². The van der Waals surface area contributed by atoms with Gasteiger partial charge in [0.1, 0.15) is 5.75 Å². The van der Waals surface area contributed by atoms with Crippen molar-refractivity contribution in [2.45, 2.75) is 45.6 Å². The molecule has 2 N–H and O–H groups in total. The fourth-order valence-electron chi connectivity index (χ4n) is 2.66. The Morgan fingerprint density at radius 2 is 1.64 bits per heavy atom. The average molecular weight is 297 g/mol. The maximum absolute atomic E-state index is 6.35. The molecule has 22 heavy (non-hydrogen) atoms. The van der Waals surface area contributed by atoms with E-state index in [2.05, 4.69) is 44.2 Å². The molecule has 0 heterocycles. The molecule has 2 aromatic carbocycles. The SMILES string of the molecule is CCOc1ccccc1CC(N)Cc1ccc(C(C)C)cc1. The van der Waals surface area contributed by atoms with E-state index in [1.807, 2.05) is 25.1 Å². The molecular weight excluding hydrogens is 270 g/mol. The molecule has 2 heteroatoms. The van der Waals surface area contributed by atoms with Crippen LogP contribution in [0.1, 0.15) is 43.4 Å². The van der Waals surface area contributed by atoms with Gasteiger partial charge in [-0.25, -0.2) is 0 Å². The minimum Gasteiger partial charge on any atom is -0.494 e. The van der Waals surface area contributed by atoms with Gasteiger partial charge >= 0.3 is 0 Å². The highest BCUT2D eigenvalue weighted by Gasteiger charge is 2.10. The van der Waals surface area contributed by atoms with Crippen LogP contribution in [0, 0.1) is 0 Å². The van der Waals surface area contributed by atoms with Crippen molar-refractivity contribution in [1.82, 2.24) is 0 Å². The van der Waals surface area contributed by atoms with Crippen LogP contribution in [-0.4, -0.2) is 12.6 Å². The van der Waals surface area contributed by atoms with Gasteiger partial charge in [-0.05, 0) is 48.4 Å². The quantitative estimate of drug-likeness (QED) is 0.826. The predicted octanol–water partition coefficient (Wildman–Crippen LogP) is 4.32. The van der Waals surface area contributed by atoms with E-state index in [1.54, 1.807) is 0 Å². The van der Waals surface area contributed by atoms with Crippen molar-refractivity contribution in [3.05, 3.63) is 65.2 Å². The Hall–Kier alpha value is -1.80. The third kappa shape index (κ3) is 4.60. The monoisotopic (exact) mass is 297 g/mol. The normalized spacial score (nSPS) is 12.4. The highest BCUT2D eigenvalue weighted by atomic mass is 16.5. The van der Waals surface area contributed by atoms with Crippen molar-refractivity contribution in [1.29, 1.82) is 0 Å². The summed E-state index contributed by atoms with van der Waals surface area (Å²) in [4.78, 5) is 0. The zero-order valence-corrected chi connectivity index (χ0v) is 13.9. The van der Waals surface area contributed by atoms with Crippen molar-refractivity contribution in [2.75, 3.05) is 6.61 Å². The first-order valence-electron chi connectivity index (χ1n) is 8.15. The number of para-hydroxylation sites is 1. The molecule has 0 radical (unpaired) electrons. The molecule has 0 bridgehead atoms. The predicted molar refractivity (Wildman–Crippen MR) is 93.5 cm³/mol. The van der Waals surface area contributed by atoms with Crippen molar-refractivity contribution in [2.24, 2.45) is 5.73 Å². The molecule has 1 unspecified atom stereocenters. The molecule has 0 saturated heterocycles. The number of benzene rings is 2. The third-order valence-corrected chi connectivity index (χ3v) is 3.90. The first-order chi connectivity index (χ1) is 10.6. The topological polar surface area (TPSA) is 35.2 Å². The van der Waals surface area contributed by atoms with Crippen LogP contribution in [0.5, 0.6) is 5.75 Å². The molecule has 0 aliphatic carbocycles. The number of hydrogen-bond acceptors (Lipinski definition) is 2. The van der Waals surface area contributed by atoms with Gasteiger partial charge in [-0.2, -0.15) is 0 Å². The summed E-state index contributed by atoms with van der Waals surface area (Å²) in [5.41, 5.74) is 10.2.